The van der Waals surface area contributed by atoms with Crippen LogP contribution in [-0.2, 0) is 0 Å². The molecule has 1 aromatic heterocycles. The van der Waals surface area contributed by atoms with Crippen molar-refractivity contribution in [3.63, 3.8) is 0 Å². The Hall–Kier alpha value is -1.49. The SMILES string of the molecule is O=C(c1ccc(F)nc1)N1CCC(N2CCCCC2)C1. The highest BCUT2D eigenvalue weighted by atomic mass is 19.1. The first kappa shape index (κ1) is 13.5. The van der Waals surface area contributed by atoms with Gasteiger partial charge in [-0.05, 0) is 44.5 Å². The maximum atomic E-state index is 12.8. The lowest BCUT2D eigenvalue weighted by molar-refractivity contribution is 0.0771. The molecule has 2 fully saturated rings. The van der Waals surface area contributed by atoms with E-state index in [1.54, 1.807) is 0 Å². The van der Waals surface area contributed by atoms with Gasteiger partial charge in [0, 0.05) is 25.3 Å². The molecule has 0 saturated carbocycles. The fourth-order valence-electron chi connectivity index (χ4n) is 3.19. The number of pyridine rings is 1. The zero-order chi connectivity index (χ0) is 13.9. The van der Waals surface area contributed by atoms with Crippen LogP contribution in [0.4, 0.5) is 4.39 Å². The number of hydrogen-bond acceptors (Lipinski definition) is 3. The summed E-state index contributed by atoms with van der Waals surface area (Å²) in [4.78, 5) is 20.3. The van der Waals surface area contributed by atoms with E-state index in [4.69, 9.17) is 0 Å². The molecule has 0 aliphatic carbocycles. The number of amides is 1. The Labute approximate surface area is 118 Å². The van der Waals surface area contributed by atoms with Gasteiger partial charge in [-0.3, -0.25) is 9.69 Å². The van der Waals surface area contributed by atoms with Crippen LogP contribution in [0.3, 0.4) is 0 Å². The van der Waals surface area contributed by atoms with E-state index in [-0.39, 0.29) is 5.91 Å². The third-order valence-electron chi connectivity index (χ3n) is 4.33. The lowest BCUT2D eigenvalue weighted by Crippen LogP contribution is -2.41. The van der Waals surface area contributed by atoms with Gasteiger partial charge in [0.2, 0.25) is 5.95 Å². The minimum Gasteiger partial charge on any atom is -0.337 e. The predicted molar refractivity (Wildman–Crippen MR) is 73.9 cm³/mol. The average molecular weight is 277 g/mol. The van der Waals surface area contributed by atoms with Gasteiger partial charge in [0.05, 0.1) is 5.56 Å². The van der Waals surface area contributed by atoms with Gasteiger partial charge in [-0.2, -0.15) is 4.39 Å². The molecule has 1 amide bonds. The van der Waals surface area contributed by atoms with E-state index in [0.717, 1.165) is 32.6 Å². The third kappa shape index (κ3) is 2.82. The molecular formula is C15H20FN3O. The molecule has 108 valence electrons. The van der Waals surface area contributed by atoms with Crippen molar-refractivity contribution in [3.05, 3.63) is 29.8 Å². The molecule has 3 heterocycles. The standard InChI is InChI=1S/C15H20FN3O/c16-14-5-4-12(10-17-14)15(20)19-9-6-13(11-19)18-7-2-1-3-8-18/h4-5,10,13H,1-3,6-9,11H2. The van der Waals surface area contributed by atoms with Crippen molar-refractivity contribution < 1.29 is 9.18 Å². The summed E-state index contributed by atoms with van der Waals surface area (Å²) in [6.45, 7) is 3.89. The summed E-state index contributed by atoms with van der Waals surface area (Å²) in [5.74, 6) is -0.578. The Kier molecular flexibility index (Phi) is 3.96. The van der Waals surface area contributed by atoms with E-state index in [1.165, 1.54) is 37.6 Å². The maximum Gasteiger partial charge on any atom is 0.255 e. The van der Waals surface area contributed by atoms with E-state index in [2.05, 4.69) is 9.88 Å². The fourth-order valence-corrected chi connectivity index (χ4v) is 3.19. The summed E-state index contributed by atoms with van der Waals surface area (Å²) < 4.78 is 12.8. The molecule has 1 atom stereocenters. The number of hydrogen-bond donors (Lipinski definition) is 0. The molecule has 20 heavy (non-hydrogen) atoms. The molecule has 0 aromatic carbocycles. The molecule has 1 unspecified atom stereocenters. The first-order valence-electron chi connectivity index (χ1n) is 7.39. The topological polar surface area (TPSA) is 36.4 Å². The first-order valence-corrected chi connectivity index (χ1v) is 7.39. The molecule has 2 aliphatic rings. The normalized spacial score (nSPS) is 24.1. The number of halogens is 1. The Morgan fingerprint density at radius 3 is 2.70 bits per heavy atom. The summed E-state index contributed by atoms with van der Waals surface area (Å²) in [6, 6.07) is 3.25. The van der Waals surface area contributed by atoms with Crippen molar-refractivity contribution in [1.29, 1.82) is 0 Å². The van der Waals surface area contributed by atoms with Crippen molar-refractivity contribution in [2.45, 2.75) is 31.7 Å². The summed E-state index contributed by atoms with van der Waals surface area (Å²) in [5.41, 5.74) is 0.477. The largest absolute Gasteiger partial charge is 0.337 e. The van der Waals surface area contributed by atoms with Crippen LogP contribution in [-0.4, -0.2) is 52.9 Å². The van der Waals surface area contributed by atoms with Crippen LogP contribution in [0.5, 0.6) is 0 Å². The summed E-state index contributed by atoms with van der Waals surface area (Å²) in [5, 5.41) is 0. The summed E-state index contributed by atoms with van der Waals surface area (Å²) >= 11 is 0. The zero-order valence-electron chi connectivity index (χ0n) is 11.6. The van der Waals surface area contributed by atoms with Crippen molar-refractivity contribution >= 4 is 5.91 Å². The number of nitrogens with zero attached hydrogens (tertiary/aromatic N) is 3. The Morgan fingerprint density at radius 2 is 2.00 bits per heavy atom. The molecule has 0 N–H and O–H groups in total. The van der Waals surface area contributed by atoms with Crippen molar-refractivity contribution in [1.82, 2.24) is 14.8 Å². The number of aromatic nitrogens is 1. The van der Waals surface area contributed by atoms with Gasteiger partial charge in [0.25, 0.3) is 5.91 Å². The fraction of sp³-hybridized carbons (Fsp3) is 0.600. The van der Waals surface area contributed by atoms with E-state index in [0.29, 0.717) is 11.6 Å². The van der Waals surface area contributed by atoms with Crippen molar-refractivity contribution in [2.24, 2.45) is 0 Å². The molecule has 0 bridgehead atoms. The highest BCUT2D eigenvalue weighted by molar-refractivity contribution is 5.94. The second kappa shape index (κ2) is 5.87. The minimum atomic E-state index is -0.547. The Bertz CT molecular complexity index is 471. The monoisotopic (exact) mass is 277 g/mol. The van der Waals surface area contributed by atoms with Gasteiger partial charge in [0.1, 0.15) is 0 Å². The van der Waals surface area contributed by atoms with Gasteiger partial charge >= 0.3 is 0 Å². The molecule has 0 spiro atoms. The Balaban J connectivity index is 1.61. The Morgan fingerprint density at radius 1 is 1.20 bits per heavy atom. The maximum absolute atomic E-state index is 12.8. The zero-order valence-corrected chi connectivity index (χ0v) is 11.6. The van der Waals surface area contributed by atoms with Crippen LogP contribution in [0, 0.1) is 5.95 Å². The molecule has 5 heteroatoms. The molecule has 0 radical (unpaired) electrons. The van der Waals surface area contributed by atoms with Crippen LogP contribution < -0.4 is 0 Å². The molecular weight excluding hydrogens is 257 g/mol. The van der Waals surface area contributed by atoms with Crippen LogP contribution in [0.15, 0.2) is 18.3 Å². The molecule has 2 aliphatic heterocycles. The number of carbonyl (C=O) groups is 1. The summed E-state index contributed by atoms with van der Waals surface area (Å²) in [6.07, 6.45) is 6.23. The average Bonchev–Trinajstić information content (AvgIpc) is 2.98. The van der Waals surface area contributed by atoms with Crippen LogP contribution >= 0.6 is 0 Å². The first-order chi connectivity index (χ1) is 9.74. The van der Waals surface area contributed by atoms with E-state index in [9.17, 15) is 9.18 Å². The van der Waals surface area contributed by atoms with Gasteiger partial charge in [-0.1, -0.05) is 6.42 Å². The van der Waals surface area contributed by atoms with Gasteiger partial charge in [0.15, 0.2) is 0 Å². The lowest BCUT2D eigenvalue weighted by atomic mass is 10.1. The van der Waals surface area contributed by atoms with Crippen LogP contribution in [0.2, 0.25) is 0 Å². The number of rotatable bonds is 2. The van der Waals surface area contributed by atoms with Gasteiger partial charge < -0.3 is 4.90 Å². The molecule has 3 rings (SSSR count). The van der Waals surface area contributed by atoms with Gasteiger partial charge in [-0.25, -0.2) is 4.98 Å². The van der Waals surface area contributed by atoms with Gasteiger partial charge in [-0.15, -0.1) is 0 Å². The highest BCUT2D eigenvalue weighted by Gasteiger charge is 2.31. The van der Waals surface area contributed by atoms with E-state index >= 15 is 0 Å². The van der Waals surface area contributed by atoms with Crippen LogP contribution in [0.1, 0.15) is 36.0 Å². The smallest absolute Gasteiger partial charge is 0.255 e. The van der Waals surface area contributed by atoms with Crippen molar-refractivity contribution in [2.75, 3.05) is 26.2 Å². The van der Waals surface area contributed by atoms with E-state index in [1.807, 2.05) is 4.90 Å². The highest BCUT2D eigenvalue weighted by Crippen LogP contribution is 2.21. The van der Waals surface area contributed by atoms with Crippen molar-refractivity contribution in [3.8, 4) is 0 Å². The number of piperidine rings is 1. The quantitative estimate of drug-likeness (QED) is 0.775. The molecule has 1 aromatic rings. The lowest BCUT2D eigenvalue weighted by Gasteiger charge is -2.32. The number of likely N-dealkylation sites (tertiary alicyclic amines) is 2. The molecule has 4 nitrogen and oxygen atoms in total. The number of carbonyl (C=O) groups excluding carboxylic acids is 1. The van der Waals surface area contributed by atoms with E-state index < -0.39 is 5.95 Å². The predicted octanol–water partition coefficient (Wildman–Crippen LogP) is 1.92. The summed E-state index contributed by atoms with van der Waals surface area (Å²) in [7, 11) is 0. The third-order valence-corrected chi connectivity index (χ3v) is 4.33. The second-order valence-corrected chi connectivity index (χ2v) is 5.66. The second-order valence-electron chi connectivity index (χ2n) is 5.66. The van der Waals surface area contributed by atoms with Crippen LogP contribution in [0.25, 0.3) is 0 Å². The minimum absolute atomic E-state index is 0.0305. The molecule has 2 saturated heterocycles.